The number of carbonyl (C=O) groups excluding carboxylic acids is 1. The number of benzene rings is 1. The van der Waals surface area contributed by atoms with Gasteiger partial charge in [-0.05, 0) is 31.2 Å². The number of aromatic hydroxyl groups is 1. The minimum Gasteiger partial charge on any atom is -1.00 e. The predicted octanol–water partition coefficient (Wildman–Crippen LogP) is 0.500. The summed E-state index contributed by atoms with van der Waals surface area (Å²) in [6, 6.07) is 7.16. The topological polar surface area (TPSA) is 118 Å². The van der Waals surface area contributed by atoms with Gasteiger partial charge in [-0.15, -0.1) is 0 Å². The third kappa shape index (κ3) is 5.55. The van der Waals surface area contributed by atoms with E-state index >= 15 is 0 Å². The van der Waals surface area contributed by atoms with Crippen LogP contribution >= 0.6 is 0 Å². The molecule has 0 aliphatic rings. The van der Waals surface area contributed by atoms with Gasteiger partial charge in [-0.1, -0.05) is 5.16 Å². The number of halogens is 2. The van der Waals surface area contributed by atoms with Gasteiger partial charge < -0.3 is 26.0 Å². The molecule has 3 rings (SSSR count). The minimum atomic E-state index is -3.87. The molecule has 0 atom stereocenters. The number of carboxylic acids is 1. The Labute approximate surface area is 213 Å². The molecule has 0 fully saturated rings. The van der Waals surface area contributed by atoms with E-state index in [-0.39, 0.29) is 81.3 Å². The number of hydrogen-bond donors (Lipinski definition) is 3. The predicted molar refractivity (Wildman–Crippen MR) is 99.1 cm³/mol. The van der Waals surface area contributed by atoms with Gasteiger partial charge in [0.1, 0.15) is 22.8 Å². The molecule has 11 heteroatoms. The molecule has 3 N–H and O–H groups in total. The van der Waals surface area contributed by atoms with Crippen molar-refractivity contribution < 1.29 is 85.9 Å². The van der Waals surface area contributed by atoms with E-state index in [0.29, 0.717) is 12.1 Å². The van der Waals surface area contributed by atoms with Gasteiger partial charge in [0.05, 0.1) is 12.1 Å². The van der Waals surface area contributed by atoms with Crippen LogP contribution in [0.5, 0.6) is 5.75 Å². The average molecular weight is 445 g/mol. The average Bonchev–Trinajstić information content (AvgIpc) is 3.29. The number of rotatable bonds is 7. The van der Waals surface area contributed by atoms with E-state index in [1.54, 1.807) is 6.92 Å². The summed E-state index contributed by atoms with van der Waals surface area (Å²) < 4.78 is 35.1. The van der Waals surface area contributed by atoms with Crippen LogP contribution < -0.4 is 56.7 Å². The van der Waals surface area contributed by atoms with E-state index in [2.05, 4.69) is 5.16 Å². The summed E-state index contributed by atoms with van der Waals surface area (Å²) in [5.74, 6) is -7.05. The van der Waals surface area contributed by atoms with Crippen molar-refractivity contribution in [1.29, 1.82) is 0 Å². The number of aromatic carboxylic acids is 1. The van der Waals surface area contributed by atoms with Crippen LogP contribution in [0.15, 0.2) is 47.2 Å². The Morgan fingerprint density at radius 1 is 1.27 bits per heavy atom. The number of anilines is 1. The number of nitrogens with one attached hydrogen (secondary N) is 1. The third-order valence-electron chi connectivity index (χ3n) is 4.17. The Kier molecular flexibility index (Phi) is 7.94. The molecule has 1 amide bonds. The Balaban J connectivity index is 0.00000240. The van der Waals surface area contributed by atoms with Crippen LogP contribution in [-0.2, 0) is 17.8 Å². The number of carboxylic acid groups (broad SMARTS) is 1. The number of phenolic OH excluding ortho intramolecular Hbond substituents is 1. The molecule has 0 bridgehead atoms. The Hall–Kier alpha value is -2.05. The van der Waals surface area contributed by atoms with Crippen molar-refractivity contribution in [2.75, 3.05) is 5.32 Å². The maximum atomic E-state index is 14.4. The number of carbonyl (C=O) groups is 2. The third-order valence-corrected chi connectivity index (χ3v) is 4.17. The summed E-state index contributed by atoms with van der Waals surface area (Å²) in [7, 11) is 0. The molecule has 0 saturated carbocycles. The summed E-state index contributed by atoms with van der Waals surface area (Å²) in [6.07, 6.45) is 1.46. The summed E-state index contributed by atoms with van der Waals surface area (Å²) in [6.45, 7) is 2.14. The molecule has 1 aromatic carbocycles. The first-order chi connectivity index (χ1) is 13.7. The molecule has 0 spiro atoms. The van der Waals surface area contributed by atoms with Gasteiger partial charge in [-0.3, -0.25) is 4.79 Å². The molecule has 2 heterocycles. The molecule has 0 saturated heterocycles. The molecule has 0 radical (unpaired) electrons. The van der Waals surface area contributed by atoms with Gasteiger partial charge in [0.25, 0.3) is 5.91 Å². The molecule has 3 aromatic rings. The van der Waals surface area contributed by atoms with Gasteiger partial charge in [-0.25, -0.2) is 4.79 Å². The SMILES string of the molecule is CCn1cc(NC(=O)C(F)(F)Cc2cc(-c3ccc(O)cc3)no2)c(C(=O)O)c1.[H-].[K+]. The number of aryl methyl sites for hydroxylation is 1. The molecule has 8 nitrogen and oxygen atoms in total. The maximum absolute atomic E-state index is 14.4. The van der Waals surface area contributed by atoms with Crippen molar-refractivity contribution in [3.63, 3.8) is 0 Å². The second-order valence-electron chi connectivity index (χ2n) is 6.28. The summed E-state index contributed by atoms with van der Waals surface area (Å²) in [5.41, 5.74) is 0.304. The Morgan fingerprint density at radius 2 is 1.93 bits per heavy atom. The zero-order chi connectivity index (χ0) is 21.2. The van der Waals surface area contributed by atoms with Gasteiger partial charge in [0.2, 0.25) is 0 Å². The van der Waals surface area contributed by atoms with Crippen LogP contribution in [0, 0.1) is 0 Å². The van der Waals surface area contributed by atoms with E-state index in [0.717, 1.165) is 0 Å². The van der Waals surface area contributed by atoms with Crippen LogP contribution in [0.4, 0.5) is 14.5 Å². The van der Waals surface area contributed by atoms with Crippen LogP contribution in [-0.4, -0.2) is 37.7 Å². The van der Waals surface area contributed by atoms with Gasteiger partial charge in [0, 0.05) is 30.6 Å². The first kappa shape index (κ1) is 24.2. The van der Waals surface area contributed by atoms with Crippen LogP contribution in [0.25, 0.3) is 11.3 Å². The smallest absolute Gasteiger partial charge is 1.00 e. The number of phenols is 1. The largest absolute Gasteiger partial charge is 1.00 e. The normalized spacial score (nSPS) is 11.0. The van der Waals surface area contributed by atoms with E-state index in [1.165, 1.54) is 47.3 Å². The van der Waals surface area contributed by atoms with Crippen molar-refractivity contribution in [3.8, 4) is 17.0 Å². The second kappa shape index (κ2) is 9.84. The maximum Gasteiger partial charge on any atom is 1.00 e. The van der Waals surface area contributed by atoms with Crippen LogP contribution in [0.2, 0.25) is 0 Å². The van der Waals surface area contributed by atoms with E-state index in [1.807, 2.05) is 5.32 Å². The number of aromatic nitrogens is 2. The zero-order valence-corrected chi connectivity index (χ0v) is 19.3. The van der Waals surface area contributed by atoms with Crippen LogP contribution in [0.1, 0.15) is 24.5 Å². The molecular formula is C19H18F2KN3O5. The van der Waals surface area contributed by atoms with Crippen molar-refractivity contribution in [2.24, 2.45) is 0 Å². The quantitative estimate of drug-likeness (QED) is 0.456. The van der Waals surface area contributed by atoms with E-state index in [9.17, 15) is 23.5 Å². The summed E-state index contributed by atoms with van der Waals surface area (Å²) >= 11 is 0. The molecular weight excluding hydrogens is 427 g/mol. The standard InChI is InChI=1S/C19H17F2N3O5.K.H/c1-2-24-9-14(17(26)27)16(10-24)22-18(28)19(20,21)8-13-7-15(23-29-13)11-3-5-12(25)6-4-11;;/h3-7,9-10,25H,2,8H2,1H3,(H,22,28)(H,26,27);;/q;+1;-1. The molecule has 154 valence electrons. The minimum absolute atomic E-state index is 0. The number of amides is 1. The van der Waals surface area contributed by atoms with Crippen molar-refractivity contribution >= 4 is 17.6 Å². The van der Waals surface area contributed by atoms with E-state index < -0.39 is 24.2 Å². The van der Waals surface area contributed by atoms with Crippen molar-refractivity contribution in [3.05, 3.63) is 54.0 Å². The van der Waals surface area contributed by atoms with Crippen molar-refractivity contribution in [2.45, 2.75) is 25.8 Å². The van der Waals surface area contributed by atoms with Crippen LogP contribution in [0.3, 0.4) is 0 Å². The molecule has 2 aromatic heterocycles. The summed E-state index contributed by atoms with van der Waals surface area (Å²) in [4.78, 5) is 23.3. The Morgan fingerprint density at radius 3 is 2.53 bits per heavy atom. The molecule has 0 aliphatic heterocycles. The fourth-order valence-electron chi connectivity index (χ4n) is 2.64. The van der Waals surface area contributed by atoms with Crippen molar-refractivity contribution in [1.82, 2.24) is 9.72 Å². The van der Waals surface area contributed by atoms with E-state index in [4.69, 9.17) is 9.63 Å². The first-order valence-corrected chi connectivity index (χ1v) is 8.57. The van der Waals surface area contributed by atoms with Gasteiger partial charge >= 0.3 is 63.3 Å². The number of alkyl halides is 2. The fourth-order valence-corrected chi connectivity index (χ4v) is 2.64. The van der Waals surface area contributed by atoms with Gasteiger partial charge in [-0.2, -0.15) is 8.78 Å². The number of hydrogen-bond acceptors (Lipinski definition) is 5. The van der Waals surface area contributed by atoms with Gasteiger partial charge in [0.15, 0.2) is 0 Å². The fraction of sp³-hybridized carbons (Fsp3) is 0.211. The molecule has 30 heavy (non-hydrogen) atoms. The second-order valence-corrected chi connectivity index (χ2v) is 6.28. The zero-order valence-electron chi connectivity index (χ0n) is 17.2. The monoisotopic (exact) mass is 445 g/mol. The summed E-state index contributed by atoms with van der Waals surface area (Å²) in [5, 5.41) is 24.1. The number of nitrogens with zero attached hydrogens (tertiary/aromatic N) is 2. The Bertz CT molecular complexity index is 1050. The molecule has 0 aliphatic carbocycles. The first-order valence-electron chi connectivity index (χ1n) is 8.57. The molecule has 0 unspecified atom stereocenters.